The van der Waals surface area contributed by atoms with Gasteiger partial charge in [-0.15, -0.1) is 0 Å². The van der Waals surface area contributed by atoms with Crippen LogP contribution in [0.15, 0.2) is 16.5 Å². The van der Waals surface area contributed by atoms with E-state index in [1.807, 2.05) is 0 Å². The molecule has 2 heterocycles. The van der Waals surface area contributed by atoms with E-state index in [-0.39, 0.29) is 0 Å². The molecule has 0 radical (unpaired) electrons. The molecule has 1 aliphatic rings. The van der Waals surface area contributed by atoms with Crippen molar-refractivity contribution in [2.24, 2.45) is 5.92 Å². The first kappa shape index (κ1) is 9.58. The van der Waals surface area contributed by atoms with Crippen molar-refractivity contribution in [3.63, 3.8) is 0 Å². The molecule has 1 aromatic heterocycles. The molecule has 1 saturated heterocycles. The molecule has 0 bridgehead atoms. The number of hydrogen-bond donors (Lipinski definition) is 1. The van der Waals surface area contributed by atoms with Crippen LogP contribution in [0, 0.1) is 5.92 Å². The molecule has 0 spiro atoms. The highest BCUT2D eigenvalue weighted by molar-refractivity contribution is 5.10. The Morgan fingerprint density at radius 3 is 2.50 bits per heavy atom. The van der Waals surface area contributed by atoms with Crippen molar-refractivity contribution in [3.8, 4) is 0 Å². The van der Waals surface area contributed by atoms with E-state index >= 15 is 0 Å². The summed E-state index contributed by atoms with van der Waals surface area (Å²) in [5.41, 5.74) is 0. The van der Waals surface area contributed by atoms with Crippen LogP contribution >= 0.6 is 0 Å². The topological polar surface area (TPSA) is 25.2 Å². The molecule has 0 saturated carbocycles. The van der Waals surface area contributed by atoms with E-state index in [2.05, 4.69) is 5.32 Å². The van der Waals surface area contributed by atoms with Crippen LogP contribution in [-0.4, -0.2) is 13.1 Å². The molecule has 0 aromatic carbocycles. The summed E-state index contributed by atoms with van der Waals surface area (Å²) < 4.78 is 41.1. The molecule has 0 amide bonds. The molecule has 1 aromatic rings. The monoisotopic (exact) mass is 205 g/mol. The van der Waals surface area contributed by atoms with Crippen molar-refractivity contribution in [2.45, 2.75) is 12.6 Å². The Morgan fingerprint density at radius 1 is 1.36 bits per heavy atom. The molecule has 2 rings (SSSR count). The molecule has 78 valence electrons. The molecule has 0 aliphatic carbocycles. The number of furan rings is 1. The minimum absolute atomic E-state index is 0.419. The predicted octanol–water partition coefficient (Wildman–Crippen LogP) is 2.06. The van der Waals surface area contributed by atoms with Crippen LogP contribution in [0.2, 0.25) is 0 Å². The van der Waals surface area contributed by atoms with Crippen molar-refractivity contribution in [3.05, 3.63) is 23.7 Å². The van der Waals surface area contributed by atoms with Gasteiger partial charge >= 0.3 is 6.18 Å². The fourth-order valence-electron chi connectivity index (χ4n) is 1.42. The Bertz CT molecular complexity index is 314. The van der Waals surface area contributed by atoms with Crippen LogP contribution in [0.3, 0.4) is 0 Å². The fourth-order valence-corrected chi connectivity index (χ4v) is 1.42. The van der Waals surface area contributed by atoms with Crippen LogP contribution in [0.1, 0.15) is 11.5 Å². The normalized spacial score (nSPS) is 18.2. The average molecular weight is 205 g/mol. The second-order valence-corrected chi connectivity index (χ2v) is 3.49. The fraction of sp³-hybridized carbons (Fsp3) is 0.556. The molecule has 1 fully saturated rings. The maximum Gasteiger partial charge on any atom is 0.449 e. The van der Waals surface area contributed by atoms with E-state index in [0.29, 0.717) is 18.1 Å². The van der Waals surface area contributed by atoms with E-state index < -0.39 is 11.9 Å². The van der Waals surface area contributed by atoms with Gasteiger partial charge in [0.1, 0.15) is 5.76 Å². The van der Waals surface area contributed by atoms with Crippen molar-refractivity contribution in [2.75, 3.05) is 13.1 Å². The molecule has 0 atom stereocenters. The third kappa shape index (κ3) is 1.92. The second kappa shape index (κ2) is 3.31. The summed E-state index contributed by atoms with van der Waals surface area (Å²) >= 11 is 0. The molecule has 0 unspecified atom stereocenters. The smallest absolute Gasteiger partial charge is 0.449 e. The lowest BCUT2D eigenvalue weighted by Gasteiger charge is -2.25. The predicted molar refractivity (Wildman–Crippen MR) is 43.8 cm³/mol. The summed E-state index contributed by atoms with van der Waals surface area (Å²) in [4.78, 5) is 0. The van der Waals surface area contributed by atoms with Gasteiger partial charge in [0.15, 0.2) is 0 Å². The Hall–Kier alpha value is -0.970. The van der Waals surface area contributed by atoms with Gasteiger partial charge in [-0.1, -0.05) is 0 Å². The van der Waals surface area contributed by atoms with E-state index in [9.17, 15) is 13.2 Å². The van der Waals surface area contributed by atoms with Gasteiger partial charge in [0.2, 0.25) is 5.76 Å². The zero-order valence-electron chi connectivity index (χ0n) is 7.40. The van der Waals surface area contributed by atoms with Crippen LogP contribution in [0.5, 0.6) is 0 Å². The molecular formula is C9H10F3NO. The zero-order valence-corrected chi connectivity index (χ0v) is 7.40. The SMILES string of the molecule is FC(F)(F)c1ccc(CC2CNC2)o1. The molecular weight excluding hydrogens is 195 g/mol. The summed E-state index contributed by atoms with van der Waals surface area (Å²) in [7, 11) is 0. The van der Waals surface area contributed by atoms with E-state index in [0.717, 1.165) is 19.2 Å². The van der Waals surface area contributed by atoms with Gasteiger partial charge < -0.3 is 9.73 Å². The van der Waals surface area contributed by atoms with Crippen LogP contribution in [0.4, 0.5) is 13.2 Å². The lowest BCUT2D eigenvalue weighted by molar-refractivity contribution is -0.153. The first-order valence-corrected chi connectivity index (χ1v) is 4.42. The zero-order chi connectivity index (χ0) is 10.2. The largest absolute Gasteiger partial charge is 0.457 e. The van der Waals surface area contributed by atoms with E-state index in [4.69, 9.17) is 4.42 Å². The van der Waals surface area contributed by atoms with Crippen molar-refractivity contribution >= 4 is 0 Å². The van der Waals surface area contributed by atoms with Crippen LogP contribution in [-0.2, 0) is 12.6 Å². The molecule has 14 heavy (non-hydrogen) atoms. The average Bonchev–Trinajstić information content (AvgIpc) is 2.43. The van der Waals surface area contributed by atoms with Crippen LogP contribution < -0.4 is 5.32 Å². The van der Waals surface area contributed by atoms with Gasteiger partial charge in [0, 0.05) is 6.42 Å². The lowest BCUT2D eigenvalue weighted by Crippen LogP contribution is -2.42. The highest BCUT2D eigenvalue weighted by Gasteiger charge is 2.35. The highest BCUT2D eigenvalue weighted by atomic mass is 19.4. The van der Waals surface area contributed by atoms with Gasteiger partial charge in [-0.2, -0.15) is 13.2 Å². The van der Waals surface area contributed by atoms with Crippen molar-refractivity contribution in [1.82, 2.24) is 5.32 Å². The van der Waals surface area contributed by atoms with Gasteiger partial charge in [-0.05, 0) is 31.1 Å². The summed E-state index contributed by atoms with van der Waals surface area (Å²) in [6, 6.07) is 2.39. The molecule has 2 nitrogen and oxygen atoms in total. The minimum atomic E-state index is -4.36. The lowest BCUT2D eigenvalue weighted by atomic mass is 9.98. The second-order valence-electron chi connectivity index (χ2n) is 3.49. The number of rotatable bonds is 2. The standard InChI is InChI=1S/C9H10F3NO/c10-9(11,12)8-2-1-7(14-8)3-6-4-13-5-6/h1-2,6,13H,3-5H2. The van der Waals surface area contributed by atoms with Crippen molar-refractivity contribution in [1.29, 1.82) is 0 Å². The number of alkyl halides is 3. The van der Waals surface area contributed by atoms with Gasteiger partial charge in [-0.3, -0.25) is 0 Å². The minimum Gasteiger partial charge on any atom is -0.457 e. The van der Waals surface area contributed by atoms with E-state index in [1.54, 1.807) is 0 Å². The van der Waals surface area contributed by atoms with Gasteiger partial charge in [-0.25, -0.2) is 0 Å². The third-order valence-electron chi connectivity index (χ3n) is 2.30. The highest BCUT2D eigenvalue weighted by Crippen LogP contribution is 2.31. The number of halogens is 3. The first-order chi connectivity index (χ1) is 6.55. The summed E-state index contributed by atoms with van der Waals surface area (Å²) in [5.74, 6) is -0.0640. The maximum absolute atomic E-state index is 12.1. The van der Waals surface area contributed by atoms with Crippen LogP contribution in [0.25, 0.3) is 0 Å². The maximum atomic E-state index is 12.1. The number of hydrogen-bond acceptors (Lipinski definition) is 2. The first-order valence-electron chi connectivity index (χ1n) is 4.42. The Balaban J connectivity index is 2.02. The Kier molecular flexibility index (Phi) is 2.26. The number of nitrogens with one attached hydrogen (secondary N) is 1. The van der Waals surface area contributed by atoms with E-state index in [1.165, 1.54) is 6.07 Å². The molecule has 5 heteroatoms. The summed E-state index contributed by atoms with van der Waals surface area (Å²) in [5, 5.41) is 3.05. The Morgan fingerprint density at radius 2 is 2.07 bits per heavy atom. The molecule has 1 N–H and O–H groups in total. The Labute approximate surface area is 79.1 Å². The molecule has 1 aliphatic heterocycles. The van der Waals surface area contributed by atoms with Gasteiger partial charge in [0.05, 0.1) is 0 Å². The summed E-state index contributed by atoms with van der Waals surface area (Å²) in [6.07, 6.45) is -3.78. The van der Waals surface area contributed by atoms with Gasteiger partial charge in [0.25, 0.3) is 0 Å². The third-order valence-corrected chi connectivity index (χ3v) is 2.30. The van der Waals surface area contributed by atoms with Crippen molar-refractivity contribution < 1.29 is 17.6 Å². The quantitative estimate of drug-likeness (QED) is 0.799. The summed E-state index contributed by atoms with van der Waals surface area (Å²) in [6.45, 7) is 1.73.